The number of carbonyl (C=O) groups excluding carboxylic acids is 1. The fourth-order valence-corrected chi connectivity index (χ4v) is 1.51. The van der Waals surface area contributed by atoms with E-state index < -0.39 is 24.0 Å². The number of nitrogens with one attached hydrogen (secondary N) is 2. The molecule has 20 heavy (non-hydrogen) atoms. The topological polar surface area (TPSA) is 108 Å². The van der Waals surface area contributed by atoms with Gasteiger partial charge in [0.25, 0.3) is 0 Å². The van der Waals surface area contributed by atoms with E-state index in [0.717, 1.165) is 0 Å². The molecule has 0 aliphatic heterocycles. The number of ether oxygens (including phenoxy) is 1. The monoisotopic (exact) mass is 282 g/mol. The van der Waals surface area contributed by atoms with Crippen LogP contribution in [0.1, 0.15) is 13.3 Å². The summed E-state index contributed by atoms with van der Waals surface area (Å²) in [4.78, 5) is 22.1. The van der Waals surface area contributed by atoms with E-state index in [4.69, 9.17) is 9.84 Å². The minimum Gasteiger partial charge on any atom is -0.497 e. The van der Waals surface area contributed by atoms with Crippen LogP contribution >= 0.6 is 0 Å². The molecule has 0 aromatic heterocycles. The molecule has 1 aromatic carbocycles. The SMILES string of the molecule is COc1ccc(NC(=O)NCC(C)(O)CC(=O)O)cc1. The number of anilines is 1. The molecule has 0 bridgehead atoms. The maximum absolute atomic E-state index is 11.6. The Bertz CT molecular complexity index is 470. The number of carboxylic acid groups (broad SMARTS) is 1. The van der Waals surface area contributed by atoms with Gasteiger partial charge in [-0.15, -0.1) is 0 Å². The zero-order valence-electron chi connectivity index (χ0n) is 11.3. The third kappa shape index (κ3) is 5.57. The van der Waals surface area contributed by atoms with Crippen molar-refractivity contribution < 1.29 is 24.5 Å². The average Bonchev–Trinajstić information content (AvgIpc) is 2.36. The summed E-state index contributed by atoms with van der Waals surface area (Å²) in [7, 11) is 1.54. The molecule has 110 valence electrons. The van der Waals surface area contributed by atoms with E-state index in [9.17, 15) is 14.7 Å². The second-order valence-electron chi connectivity index (χ2n) is 4.60. The number of hydrogen-bond acceptors (Lipinski definition) is 4. The van der Waals surface area contributed by atoms with Crippen molar-refractivity contribution in [3.8, 4) is 5.75 Å². The largest absolute Gasteiger partial charge is 0.497 e. The van der Waals surface area contributed by atoms with Crippen LogP contribution in [0, 0.1) is 0 Å². The van der Waals surface area contributed by atoms with Gasteiger partial charge in [-0.2, -0.15) is 0 Å². The highest BCUT2D eigenvalue weighted by Gasteiger charge is 2.24. The lowest BCUT2D eigenvalue weighted by atomic mass is 10.0. The summed E-state index contributed by atoms with van der Waals surface area (Å²) < 4.78 is 4.99. The lowest BCUT2D eigenvalue weighted by Crippen LogP contribution is -2.43. The highest BCUT2D eigenvalue weighted by Crippen LogP contribution is 2.15. The summed E-state index contributed by atoms with van der Waals surface area (Å²) in [6.07, 6.45) is -0.449. The molecule has 0 saturated carbocycles. The Balaban J connectivity index is 2.45. The predicted molar refractivity (Wildman–Crippen MR) is 72.9 cm³/mol. The molecule has 0 saturated heterocycles. The van der Waals surface area contributed by atoms with E-state index in [1.807, 2.05) is 0 Å². The molecule has 0 spiro atoms. The van der Waals surface area contributed by atoms with Gasteiger partial charge < -0.3 is 25.6 Å². The smallest absolute Gasteiger partial charge is 0.319 e. The van der Waals surface area contributed by atoms with Crippen molar-refractivity contribution in [2.75, 3.05) is 19.0 Å². The van der Waals surface area contributed by atoms with Crippen molar-refractivity contribution in [2.24, 2.45) is 0 Å². The number of rotatable bonds is 6. The normalized spacial score (nSPS) is 13.2. The van der Waals surface area contributed by atoms with Gasteiger partial charge in [0, 0.05) is 12.2 Å². The molecular weight excluding hydrogens is 264 g/mol. The minimum atomic E-state index is -1.50. The number of benzene rings is 1. The molecule has 7 heteroatoms. The van der Waals surface area contributed by atoms with Crippen molar-refractivity contribution in [3.05, 3.63) is 24.3 Å². The molecule has 4 N–H and O–H groups in total. The van der Waals surface area contributed by atoms with E-state index in [1.165, 1.54) is 6.92 Å². The van der Waals surface area contributed by atoms with Gasteiger partial charge in [0.2, 0.25) is 0 Å². The van der Waals surface area contributed by atoms with Crippen molar-refractivity contribution in [2.45, 2.75) is 18.9 Å². The predicted octanol–water partition coefficient (Wildman–Crippen LogP) is 1.04. The van der Waals surface area contributed by atoms with E-state index in [1.54, 1.807) is 31.4 Å². The van der Waals surface area contributed by atoms with Crippen LogP contribution in [0.25, 0.3) is 0 Å². The van der Waals surface area contributed by atoms with Gasteiger partial charge in [0.05, 0.1) is 19.1 Å². The maximum atomic E-state index is 11.6. The first kappa shape index (κ1) is 15.8. The molecular formula is C13H18N2O5. The Morgan fingerprint density at radius 3 is 2.40 bits per heavy atom. The molecule has 1 unspecified atom stereocenters. The molecule has 0 aliphatic carbocycles. The minimum absolute atomic E-state index is 0.165. The molecule has 7 nitrogen and oxygen atoms in total. The fourth-order valence-electron chi connectivity index (χ4n) is 1.51. The lowest BCUT2D eigenvalue weighted by molar-refractivity contribution is -0.141. The summed E-state index contributed by atoms with van der Waals surface area (Å²) in [5, 5.41) is 23.3. The van der Waals surface area contributed by atoms with Crippen LogP contribution in [0.15, 0.2) is 24.3 Å². The Labute approximate surface area is 116 Å². The molecule has 0 fully saturated rings. The van der Waals surface area contributed by atoms with Crippen LogP contribution in [-0.2, 0) is 4.79 Å². The van der Waals surface area contributed by atoms with Crippen LogP contribution < -0.4 is 15.4 Å². The molecule has 0 aliphatic rings. The van der Waals surface area contributed by atoms with Gasteiger partial charge in [0.1, 0.15) is 5.75 Å². The molecule has 1 atom stereocenters. The second-order valence-corrected chi connectivity index (χ2v) is 4.60. The standard InChI is InChI=1S/C13H18N2O5/c1-13(19,7-11(16)17)8-14-12(18)15-9-3-5-10(20-2)6-4-9/h3-6,19H,7-8H2,1-2H3,(H,16,17)(H2,14,15,18). The maximum Gasteiger partial charge on any atom is 0.319 e. The zero-order chi connectivity index (χ0) is 15.2. The summed E-state index contributed by atoms with van der Waals surface area (Å²) in [6, 6.07) is 6.18. The van der Waals surface area contributed by atoms with E-state index in [-0.39, 0.29) is 6.54 Å². The van der Waals surface area contributed by atoms with E-state index in [2.05, 4.69) is 10.6 Å². The van der Waals surface area contributed by atoms with Crippen LogP contribution in [0.4, 0.5) is 10.5 Å². The molecule has 0 radical (unpaired) electrons. The number of hydrogen-bond donors (Lipinski definition) is 4. The first-order chi connectivity index (χ1) is 9.32. The number of amides is 2. The van der Waals surface area contributed by atoms with Gasteiger partial charge in [-0.25, -0.2) is 4.79 Å². The van der Waals surface area contributed by atoms with Gasteiger partial charge in [-0.3, -0.25) is 4.79 Å². The third-order valence-electron chi connectivity index (χ3n) is 2.51. The highest BCUT2D eigenvalue weighted by atomic mass is 16.5. The van der Waals surface area contributed by atoms with Gasteiger partial charge in [-0.1, -0.05) is 0 Å². The number of carbonyl (C=O) groups is 2. The third-order valence-corrected chi connectivity index (χ3v) is 2.51. The molecule has 1 aromatic rings. The first-order valence-corrected chi connectivity index (χ1v) is 5.95. The van der Waals surface area contributed by atoms with Crippen LogP contribution in [0.2, 0.25) is 0 Å². The van der Waals surface area contributed by atoms with E-state index >= 15 is 0 Å². The Morgan fingerprint density at radius 2 is 1.90 bits per heavy atom. The van der Waals surface area contributed by atoms with Crippen molar-refractivity contribution in [1.82, 2.24) is 5.32 Å². The van der Waals surface area contributed by atoms with Crippen molar-refractivity contribution in [1.29, 1.82) is 0 Å². The van der Waals surface area contributed by atoms with E-state index in [0.29, 0.717) is 11.4 Å². The second kappa shape index (κ2) is 6.76. The number of aliphatic hydroxyl groups is 1. The zero-order valence-corrected chi connectivity index (χ0v) is 11.3. The number of aliphatic carboxylic acids is 1. The average molecular weight is 282 g/mol. The van der Waals surface area contributed by atoms with Gasteiger partial charge in [-0.05, 0) is 31.2 Å². The fraction of sp³-hybridized carbons (Fsp3) is 0.385. The number of carboxylic acids is 1. The Morgan fingerprint density at radius 1 is 1.30 bits per heavy atom. The summed E-state index contributed by atoms with van der Waals surface area (Å²) in [5.41, 5.74) is -0.940. The summed E-state index contributed by atoms with van der Waals surface area (Å²) in [6.45, 7) is 1.18. The van der Waals surface area contributed by atoms with Gasteiger partial charge in [0.15, 0.2) is 0 Å². The molecule has 2 amide bonds. The number of urea groups is 1. The van der Waals surface area contributed by atoms with Crippen LogP contribution in [0.3, 0.4) is 0 Å². The lowest BCUT2D eigenvalue weighted by Gasteiger charge is -2.21. The molecule has 1 rings (SSSR count). The first-order valence-electron chi connectivity index (χ1n) is 5.95. The quantitative estimate of drug-likeness (QED) is 0.623. The van der Waals surface area contributed by atoms with Crippen LogP contribution in [0.5, 0.6) is 5.75 Å². The Hall–Kier alpha value is -2.28. The van der Waals surface area contributed by atoms with Crippen molar-refractivity contribution >= 4 is 17.7 Å². The molecule has 0 heterocycles. The highest BCUT2D eigenvalue weighted by molar-refractivity contribution is 5.89. The van der Waals surface area contributed by atoms with Crippen molar-refractivity contribution in [3.63, 3.8) is 0 Å². The van der Waals surface area contributed by atoms with Gasteiger partial charge >= 0.3 is 12.0 Å². The Kier molecular flexibility index (Phi) is 5.33. The number of methoxy groups -OCH3 is 1. The summed E-state index contributed by atoms with van der Waals surface area (Å²) >= 11 is 0. The van der Waals surface area contributed by atoms with Crippen LogP contribution in [-0.4, -0.2) is 41.5 Å². The summed E-state index contributed by atoms with van der Waals surface area (Å²) in [5.74, 6) is -0.465.